The molecule has 0 radical (unpaired) electrons. The third-order valence-electron chi connectivity index (χ3n) is 2.97. The number of carbonyl (C=O) groups excluding carboxylic acids is 1. The van der Waals surface area contributed by atoms with E-state index in [4.69, 9.17) is 9.84 Å². The third kappa shape index (κ3) is 3.98. The van der Waals surface area contributed by atoms with Gasteiger partial charge in [-0.2, -0.15) is 0 Å². The summed E-state index contributed by atoms with van der Waals surface area (Å²) in [6.45, 7) is 1.92. The van der Waals surface area contributed by atoms with Crippen LogP contribution in [-0.4, -0.2) is 31.1 Å². The molecule has 0 aliphatic rings. The van der Waals surface area contributed by atoms with Crippen LogP contribution in [0.25, 0.3) is 0 Å². The molecule has 0 bridgehead atoms. The summed E-state index contributed by atoms with van der Waals surface area (Å²) in [4.78, 5) is 22.6. The quantitative estimate of drug-likeness (QED) is 0.820. The lowest BCUT2D eigenvalue weighted by Gasteiger charge is -2.18. The maximum absolute atomic E-state index is 11.9. The second-order valence-electron chi connectivity index (χ2n) is 4.34. The Morgan fingerprint density at radius 2 is 2.11 bits per heavy atom. The minimum atomic E-state index is -0.916. The molecule has 0 spiro atoms. The van der Waals surface area contributed by atoms with Gasteiger partial charge in [-0.1, -0.05) is 17.7 Å². The second-order valence-corrected chi connectivity index (χ2v) is 4.34. The molecule has 0 aliphatic carbocycles. The second kappa shape index (κ2) is 6.78. The van der Waals surface area contributed by atoms with Crippen LogP contribution in [0.4, 0.5) is 0 Å². The van der Waals surface area contributed by atoms with Crippen LogP contribution in [0.2, 0.25) is 0 Å². The average Bonchev–Trinajstić information content (AvgIpc) is 2.38. The molecular weight excluding hydrogens is 246 g/mol. The predicted octanol–water partition coefficient (Wildman–Crippen LogP) is 1.70. The number of aliphatic carboxylic acids is 1. The van der Waals surface area contributed by atoms with Gasteiger partial charge in [-0.15, -0.1) is 0 Å². The van der Waals surface area contributed by atoms with Gasteiger partial charge in [0, 0.05) is 19.0 Å². The van der Waals surface area contributed by atoms with Gasteiger partial charge < -0.3 is 15.2 Å². The van der Waals surface area contributed by atoms with Gasteiger partial charge in [-0.3, -0.25) is 9.59 Å². The Kier molecular flexibility index (Phi) is 5.36. The van der Waals surface area contributed by atoms with Gasteiger partial charge in [0.25, 0.3) is 0 Å². The molecule has 0 aliphatic heterocycles. The summed E-state index contributed by atoms with van der Waals surface area (Å²) in [6.07, 6.45) is 0.185. The lowest BCUT2D eigenvalue weighted by atomic mass is 9.91. The monoisotopic (exact) mass is 265 g/mol. The summed E-state index contributed by atoms with van der Waals surface area (Å²) in [5.74, 6) is -1.04. The van der Waals surface area contributed by atoms with Crippen molar-refractivity contribution in [3.63, 3.8) is 0 Å². The van der Waals surface area contributed by atoms with Crippen LogP contribution in [0, 0.1) is 6.92 Å². The maximum Gasteiger partial charge on any atom is 0.303 e. The smallest absolute Gasteiger partial charge is 0.303 e. The van der Waals surface area contributed by atoms with E-state index in [0.29, 0.717) is 5.75 Å². The number of benzene rings is 1. The van der Waals surface area contributed by atoms with Crippen molar-refractivity contribution in [3.8, 4) is 5.75 Å². The molecule has 0 aromatic heterocycles. The van der Waals surface area contributed by atoms with Crippen molar-refractivity contribution in [2.24, 2.45) is 0 Å². The van der Waals surface area contributed by atoms with Gasteiger partial charge in [-0.05, 0) is 19.4 Å². The van der Waals surface area contributed by atoms with Gasteiger partial charge in [-0.25, -0.2) is 0 Å². The molecule has 2 N–H and O–H groups in total. The standard InChI is InChI=1S/C14H19NO4/c1-9-4-6-12(19-3)11(8-9)10(14(18)15-2)5-7-13(16)17/h4,6,8,10H,5,7H2,1-3H3,(H,15,18)(H,16,17). The zero-order chi connectivity index (χ0) is 14.4. The Hall–Kier alpha value is -2.04. The van der Waals surface area contributed by atoms with Gasteiger partial charge >= 0.3 is 5.97 Å². The summed E-state index contributed by atoms with van der Waals surface area (Å²) >= 11 is 0. The molecule has 1 aromatic carbocycles. The number of nitrogens with one attached hydrogen (secondary N) is 1. The van der Waals surface area contributed by atoms with E-state index in [2.05, 4.69) is 5.32 Å². The SMILES string of the molecule is CNC(=O)C(CCC(=O)O)c1cc(C)ccc1OC. The van der Waals surface area contributed by atoms with E-state index >= 15 is 0 Å². The number of rotatable bonds is 6. The van der Waals surface area contributed by atoms with Crippen LogP contribution < -0.4 is 10.1 Å². The summed E-state index contributed by atoms with van der Waals surface area (Å²) in [7, 11) is 3.07. The number of ether oxygens (including phenoxy) is 1. The van der Waals surface area contributed by atoms with Crippen LogP contribution in [0.3, 0.4) is 0 Å². The van der Waals surface area contributed by atoms with Crippen LogP contribution >= 0.6 is 0 Å². The molecule has 5 heteroatoms. The molecule has 0 saturated heterocycles. The van der Waals surface area contributed by atoms with Crippen molar-refractivity contribution in [1.29, 1.82) is 0 Å². The van der Waals surface area contributed by atoms with Gasteiger partial charge in [0.15, 0.2) is 0 Å². The van der Waals surface area contributed by atoms with Crippen LogP contribution in [0.15, 0.2) is 18.2 Å². The fraction of sp³-hybridized carbons (Fsp3) is 0.429. The topological polar surface area (TPSA) is 75.6 Å². The highest BCUT2D eigenvalue weighted by molar-refractivity contribution is 5.84. The Morgan fingerprint density at radius 1 is 1.42 bits per heavy atom. The first-order chi connectivity index (χ1) is 8.99. The molecule has 0 heterocycles. The van der Waals surface area contributed by atoms with Crippen LogP contribution in [-0.2, 0) is 9.59 Å². The number of carboxylic acids is 1. The highest BCUT2D eigenvalue weighted by atomic mass is 16.5. The summed E-state index contributed by atoms with van der Waals surface area (Å²) < 4.78 is 5.26. The minimum Gasteiger partial charge on any atom is -0.496 e. The average molecular weight is 265 g/mol. The Balaban J connectivity index is 3.11. The molecule has 1 unspecified atom stereocenters. The fourth-order valence-corrected chi connectivity index (χ4v) is 2.00. The Morgan fingerprint density at radius 3 is 2.63 bits per heavy atom. The molecule has 1 aromatic rings. The number of aryl methyl sites for hydroxylation is 1. The van der Waals surface area contributed by atoms with E-state index in [-0.39, 0.29) is 18.7 Å². The van der Waals surface area contributed by atoms with E-state index in [1.807, 2.05) is 19.1 Å². The molecule has 1 amide bonds. The van der Waals surface area contributed by atoms with Gasteiger partial charge in [0.05, 0.1) is 13.0 Å². The Bertz CT molecular complexity index is 471. The molecule has 19 heavy (non-hydrogen) atoms. The van der Waals surface area contributed by atoms with Crippen LogP contribution in [0.1, 0.15) is 29.9 Å². The number of amides is 1. The molecule has 104 valence electrons. The van der Waals surface area contributed by atoms with Crippen molar-refractivity contribution in [1.82, 2.24) is 5.32 Å². The molecule has 1 atom stereocenters. The van der Waals surface area contributed by atoms with Gasteiger partial charge in [0.1, 0.15) is 5.75 Å². The predicted molar refractivity (Wildman–Crippen MR) is 71.4 cm³/mol. The largest absolute Gasteiger partial charge is 0.496 e. The van der Waals surface area contributed by atoms with E-state index in [1.165, 1.54) is 7.11 Å². The normalized spacial score (nSPS) is 11.7. The molecular formula is C14H19NO4. The summed E-state index contributed by atoms with van der Waals surface area (Å²) in [5.41, 5.74) is 1.73. The molecule has 0 saturated carbocycles. The first-order valence-electron chi connectivity index (χ1n) is 6.07. The minimum absolute atomic E-state index is 0.0603. The Labute approximate surface area is 112 Å². The number of carboxylic acid groups (broad SMARTS) is 1. The van der Waals surface area contributed by atoms with Crippen molar-refractivity contribution < 1.29 is 19.4 Å². The molecule has 0 fully saturated rings. The number of likely N-dealkylation sites (N-methyl/N-ethyl adjacent to an activating group) is 1. The number of carbonyl (C=O) groups is 2. The molecule has 1 rings (SSSR count). The number of hydrogen-bond donors (Lipinski definition) is 2. The van der Waals surface area contributed by atoms with E-state index in [1.54, 1.807) is 13.1 Å². The number of methoxy groups -OCH3 is 1. The summed E-state index contributed by atoms with van der Waals surface area (Å²) in [6, 6.07) is 5.54. The lowest BCUT2D eigenvalue weighted by molar-refractivity contribution is -0.137. The van der Waals surface area contributed by atoms with Crippen LogP contribution in [0.5, 0.6) is 5.75 Å². The van der Waals surface area contributed by atoms with Gasteiger partial charge in [0.2, 0.25) is 5.91 Å². The highest BCUT2D eigenvalue weighted by Crippen LogP contribution is 2.31. The zero-order valence-corrected chi connectivity index (χ0v) is 11.4. The van der Waals surface area contributed by atoms with E-state index < -0.39 is 11.9 Å². The van der Waals surface area contributed by atoms with Crippen molar-refractivity contribution in [2.75, 3.05) is 14.2 Å². The lowest BCUT2D eigenvalue weighted by Crippen LogP contribution is -2.26. The maximum atomic E-state index is 11.9. The van der Waals surface area contributed by atoms with E-state index in [0.717, 1.165) is 11.1 Å². The molecule has 5 nitrogen and oxygen atoms in total. The summed E-state index contributed by atoms with van der Waals surface area (Å²) in [5, 5.41) is 11.4. The first-order valence-corrected chi connectivity index (χ1v) is 6.07. The van der Waals surface area contributed by atoms with Crippen molar-refractivity contribution in [3.05, 3.63) is 29.3 Å². The number of hydrogen-bond acceptors (Lipinski definition) is 3. The van der Waals surface area contributed by atoms with Crippen molar-refractivity contribution >= 4 is 11.9 Å². The van der Waals surface area contributed by atoms with Crippen molar-refractivity contribution in [2.45, 2.75) is 25.7 Å². The third-order valence-corrected chi connectivity index (χ3v) is 2.97. The first kappa shape index (κ1) is 15.0. The highest BCUT2D eigenvalue weighted by Gasteiger charge is 2.24. The fourth-order valence-electron chi connectivity index (χ4n) is 2.00. The van der Waals surface area contributed by atoms with E-state index in [9.17, 15) is 9.59 Å². The zero-order valence-electron chi connectivity index (χ0n) is 11.4.